The molecule has 0 aromatic rings. The summed E-state index contributed by atoms with van der Waals surface area (Å²) in [6.45, 7) is 6.82. The molecule has 0 N–H and O–H groups in total. The molecule has 82 valence electrons. The molecule has 0 aliphatic carbocycles. The minimum absolute atomic E-state index is 0.878. The van der Waals surface area contributed by atoms with Crippen LogP contribution in [-0.2, 0) is 0 Å². The molecule has 0 rings (SSSR count). The lowest BCUT2D eigenvalue weighted by atomic mass is 10.0. The van der Waals surface area contributed by atoms with Crippen molar-refractivity contribution in [2.45, 2.75) is 59.3 Å². The molecule has 0 spiro atoms. The summed E-state index contributed by atoms with van der Waals surface area (Å²) >= 11 is 0. The van der Waals surface area contributed by atoms with Crippen LogP contribution in [0, 0.1) is 5.92 Å². The molecule has 0 heteroatoms. The van der Waals surface area contributed by atoms with Gasteiger partial charge in [-0.15, -0.1) is 0 Å². The number of hydrogen-bond acceptors (Lipinski definition) is 0. The van der Waals surface area contributed by atoms with E-state index >= 15 is 0 Å². The summed E-state index contributed by atoms with van der Waals surface area (Å²) in [6, 6.07) is 0. The highest BCUT2D eigenvalue weighted by molar-refractivity contribution is 5.02. The summed E-state index contributed by atoms with van der Waals surface area (Å²) in [5, 5.41) is 0. The molecule has 0 aliphatic heterocycles. The molecule has 0 radical (unpaired) electrons. The molecule has 0 aromatic heterocycles. The first-order chi connectivity index (χ1) is 6.81. The SMILES string of the molecule is CCCCC=CC=CCCC(C)CC. The molecule has 0 aliphatic rings. The van der Waals surface area contributed by atoms with E-state index in [2.05, 4.69) is 45.1 Å². The van der Waals surface area contributed by atoms with Crippen molar-refractivity contribution in [3.05, 3.63) is 24.3 Å². The first-order valence-corrected chi connectivity index (χ1v) is 6.12. The molecular formula is C14H26. The van der Waals surface area contributed by atoms with Crippen LogP contribution in [-0.4, -0.2) is 0 Å². The fraction of sp³-hybridized carbons (Fsp3) is 0.714. The Kier molecular flexibility index (Phi) is 10.2. The van der Waals surface area contributed by atoms with E-state index in [-0.39, 0.29) is 0 Å². The smallest absolute Gasteiger partial charge is 0.0345 e. The maximum Gasteiger partial charge on any atom is -0.0345 e. The average molecular weight is 194 g/mol. The van der Waals surface area contributed by atoms with Gasteiger partial charge in [0.05, 0.1) is 0 Å². The third-order valence-corrected chi connectivity index (χ3v) is 2.63. The molecule has 0 saturated carbocycles. The minimum atomic E-state index is 0.878. The highest BCUT2D eigenvalue weighted by Gasteiger charge is 1.94. The van der Waals surface area contributed by atoms with Gasteiger partial charge in [-0.3, -0.25) is 0 Å². The lowest BCUT2D eigenvalue weighted by Crippen LogP contribution is -1.89. The van der Waals surface area contributed by atoms with Crippen LogP contribution in [0.4, 0.5) is 0 Å². The summed E-state index contributed by atoms with van der Waals surface area (Å²) in [7, 11) is 0. The van der Waals surface area contributed by atoms with Crippen molar-refractivity contribution in [1.82, 2.24) is 0 Å². The van der Waals surface area contributed by atoms with E-state index in [1.165, 1.54) is 38.5 Å². The van der Waals surface area contributed by atoms with Crippen LogP contribution in [0.15, 0.2) is 24.3 Å². The van der Waals surface area contributed by atoms with Crippen molar-refractivity contribution in [2.75, 3.05) is 0 Å². The van der Waals surface area contributed by atoms with Crippen LogP contribution in [0.25, 0.3) is 0 Å². The lowest BCUT2D eigenvalue weighted by molar-refractivity contribution is 0.522. The van der Waals surface area contributed by atoms with Gasteiger partial charge in [0.2, 0.25) is 0 Å². The number of rotatable bonds is 8. The molecule has 0 fully saturated rings. The number of allylic oxidation sites excluding steroid dienone is 4. The molecule has 0 heterocycles. The highest BCUT2D eigenvalue weighted by atomic mass is 14.0. The van der Waals surface area contributed by atoms with Gasteiger partial charge in [0.15, 0.2) is 0 Å². The van der Waals surface area contributed by atoms with Crippen LogP contribution in [0.1, 0.15) is 59.3 Å². The van der Waals surface area contributed by atoms with Crippen LogP contribution < -0.4 is 0 Å². The van der Waals surface area contributed by atoms with Gasteiger partial charge >= 0.3 is 0 Å². The topological polar surface area (TPSA) is 0 Å². The van der Waals surface area contributed by atoms with Gasteiger partial charge in [-0.25, -0.2) is 0 Å². The van der Waals surface area contributed by atoms with Gasteiger partial charge in [-0.1, -0.05) is 64.3 Å². The molecule has 14 heavy (non-hydrogen) atoms. The van der Waals surface area contributed by atoms with Gasteiger partial charge in [-0.2, -0.15) is 0 Å². The monoisotopic (exact) mass is 194 g/mol. The predicted molar refractivity (Wildman–Crippen MR) is 66.5 cm³/mol. The van der Waals surface area contributed by atoms with Crippen LogP contribution in [0.3, 0.4) is 0 Å². The zero-order valence-electron chi connectivity index (χ0n) is 10.1. The zero-order chi connectivity index (χ0) is 10.6. The Balaban J connectivity index is 3.30. The molecular weight excluding hydrogens is 168 g/mol. The van der Waals surface area contributed by atoms with Gasteiger partial charge in [0.1, 0.15) is 0 Å². The summed E-state index contributed by atoms with van der Waals surface area (Å²) < 4.78 is 0. The molecule has 1 unspecified atom stereocenters. The molecule has 0 nitrogen and oxygen atoms in total. The van der Waals surface area contributed by atoms with E-state index in [0.717, 1.165) is 5.92 Å². The zero-order valence-corrected chi connectivity index (χ0v) is 10.1. The summed E-state index contributed by atoms with van der Waals surface area (Å²) in [5.41, 5.74) is 0. The Morgan fingerprint density at radius 3 is 2.21 bits per heavy atom. The highest BCUT2D eigenvalue weighted by Crippen LogP contribution is 2.09. The Labute approximate surface area is 90.1 Å². The third-order valence-electron chi connectivity index (χ3n) is 2.63. The largest absolute Gasteiger partial charge is 0.0845 e. The summed E-state index contributed by atoms with van der Waals surface area (Å²) in [6.07, 6.45) is 16.6. The van der Waals surface area contributed by atoms with E-state index < -0.39 is 0 Å². The van der Waals surface area contributed by atoms with Crippen molar-refractivity contribution >= 4 is 0 Å². The quantitative estimate of drug-likeness (QED) is 0.372. The first-order valence-electron chi connectivity index (χ1n) is 6.12. The van der Waals surface area contributed by atoms with Crippen molar-refractivity contribution in [3.8, 4) is 0 Å². The first kappa shape index (κ1) is 13.5. The van der Waals surface area contributed by atoms with E-state index in [1.54, 1.807) is 0 Å². The molecule has 0 aromatic carbocycles. The Bertz CT molecular complexity index is 153. The van der Waals surface area contributed by atoms with Crippen molar-refractivity contribution < 1.29 is 0 Å². The Morgan fingerprint density at radius 2 is 1.64 bits per heavy atom. The van der Waals surface area contributed by atoms with Crippen molar-refractivity contribution in [2.24, 2.45) is 5.92 Å². The van der Waals surface area contributed by atoms with Crippen LogP contribution >= 0.6 is 0 Å². The third kappa shape index (κ3) is 9.57. The maximum atomic E-state index is 2.32. The van der Waals surface area contributed by atoms with Crippen molar-refractivity contribution in [1.29, 1.82) is 0 Å². The second-order valence-corrected chi connectivity index (χ2v) is 4.09. The van der Waals surface area contributed by atoms with E-state index in [4.69, 9.17) is 0 Å². The van der Waals surface area contributed by atoms with E-state index in [1.807, 2.05) is 0 Å². The number of unbranched alkanes of at least 4 members (excludes halogenated alkanes) is 2. The Morgan fingerprint density at radius 1 is 1.00 bits per heavy atom. The van der Waals surface area contributed by atoms with Gasteiger partial charge in [-0.05, 0) is 25.2 Å². The summed E-state index contributed by atoms with van der Waals surface area (Å²) in [5.74, 6) is 0.878. The summed E-state index contributed by atoms with van der Waals surface area (Å²) in [4.78, 5) is 0. The second-order valence-electron chi connectivity index (χ2n) is 4.09. The molecule has 1 atom stereocenters. The van der Waals surface area contributed by atoms with E-state index in [0.29, 0.717) is 0 Å². The average Bonchev–Trinajstić information content (AvgIpc) is 2.21. The number of hydrogen-bond donors (Lipinski definition) is 0. The van der Waals surface area contributed by atoms with Gasteiger partial charge < -0.3 is 0 Å². The second kappa shape index (κ2) is 10.6. The fourth-order valence-corrected chi connectivity index (χ4v) is 1.26. The predicted octanol–water partition coefficient (Wildman–Crippen LogP) is 5.12. The molecule has 0 bridgehead atoms. The van der Waals surface area contributed by atoms with Gasteiger partial charge in [0.25, 0.3) is 0 Å². The Hall–Kier alpha value is -0.520. The van der Waals surface area contributed by atoms with E-state index in [9.17, 15) is 0 Å². The standard InChI is InChI=1S/C14H26/c1-4-6-7-8-9-10-11-12-13-14(3)5-2/h8-11,14H,4-7,12-13H2,1-3H3. The fourth-order valence-electron chi connectivity index (χ4n) is 1.26. The molecule has 0 saturated heterocycles. The van der Waals surface area contributed by atoms with Crippen LogP contribution in [0.5, 0.6) is 0 Å². The minimum Gasteiger partial charge on any atom is -0.0845 e. The van der Waals surface area contributed by atoms with Gasteiger partial charge in [0, 0.05) is 0 Å². The lowest BCUT2D eigenvalue weighted by Gasteiger charge is -2.03. The normalized spacial score (nSPS) is 14.2. The van der Waals surface area contributed by atoms with Crippen molar-refractivity contribution in [3.63, 3.8) is 0 Å². The molecule has 0 amide bonds. The van der Waals surface area contributed by atoms with Crippen LogP contribution in [0.2, 0.25) is 0 Å². The maximum absolute atomic E-state index is 2.32.